The van der Waals surface area contributed by atoms with E-state index >= 15 is 0 Å². The van der Waals surface area contributed by atoms with Gasteiger partial charge >= 0.3 is 0 Å². The first-order valence-corrected chi connectivity index (χ1v) is 8.24. The summed E-state index contributed by atoms with van der Waals surface area (Å²) in [6.07, 6.45) is 1.65. The fraction of sp³-hybridized carbons (Fsp3) is 0.176. The third-order valence-electron chi connectivity index (χ3n) is 3.03. The zero-order chi connectivity index (χ0) is 14.4. The summed E-state index contributed by atoms with van der Waals surface area (Å²) < 4.78 is 24.8. The third kappa shape index (κ3) is 3.58. The number of rotatable bonds is 5. The first-order valence-electron chi connectivity index (χ1n) is 6.69. The van der Waals surface area contributed by atoms with Gasteiger partial charge in [0.05, 0.1) is 4.90 Å². The van der Waals surface area contributed by atoms with Crippen LogP contribution in [0.3, 0.4) is 0 Å². The van der Waals surface area contributed by atoms with E-state index in [-0.39, 0.29) is 0 Å². The topological polar surface area (TPSA) is 34.1 Å². The molecule has 0 aliphatic rings. The molecule has 0 unspecified atom stereocenters. The first kappa shape index (κ1) is 14.5. The molecule has 0 fully saturated rings. The summed E-state index contributed by atoms with van der Waals surface area (Å²) in [5.41, 5.74) is 1.82. The number of hydrogen-bond acceptors (Lipinski definition) is 2. The molecule has 0 amide bonds. The Balaban J connectivity index is 2.44. The van der Waals surface area contributed by atoms with Crippen LogP contribution in [0, 0.1) is 0 Å². The maximum atomic E-state index is 12.4. The molecule has 0 aliphatic heterocycles. The van der Waals surface area contributed by atoms with Crippen LogP contribution in [-0.2, 0) is 9.84 Å². The van der Waals surface area contributed by atoms with Crippen molar-refractivity contribution in [2.24, 2.45) is 0 Å². The van der Waals surface area contributed by atoms with Gasteiger partial charge in [0.2, 0.25) is 0 Å². The molecular formula is C17H18O2S. The molecule has 0 bridgehead atoms. The van der Waals surface area contributed by atoms with Crippen molar-refractivity contribution in [1.29, 1.82) is 0 Å². The standard InChI is InChI=1S/C17H18O2S/c1-2-9-16(15-10-5-3-6-11-15)14-20(18,19)17-12-7-4-8-13-17/h3-8,10-14H,2,9H2,1H3/b16-14-. The lowest BCUT2D eigenvalue weighted by atomic mass is 10.0. The van der Waals surface area contributed by atoms with Crippen LogP contribution in [0.4, 0.5) is 0 Å². The summed E-state index contributed by atoms with van der Waals surface area (Å²) in [4.78, 5) is 0.338. The van der Waals surface area contributed by atoms with Crippen LogP contribution in [0.15, 0.2) is 71.0 Å². The number of sulfone groups is 1. The molecule has 2 aromatic rings. The summed E-state index contributed by atoms with van der Waals surface area (Å²) in [7, 11) is -3.39. The van der Waals surface area contributed by atoms with E-state index in [4.69, 9.17) is 0 Å². The first-order chi connectivity index (χ1) is 9.63. The Bertz CT molecular complexity index is 671. The van der Waals surface area contributed by atoms with Crippen molar-refractivity contribution in [3.8, 4) is 0 Å². The molecule has 0 aliphatic carbocycles. The second kappa shape index (κ2) is 6.53. The van der Waals surface area contributed by atoms with Crippen molar-refractivity contribution in [3.63, 3.8) is 0 Å². The molecule has 104 valence electrons. The van der Waals surface area contributed by atoms with E-state index in [0.29, 0.717) is 4.90 Å². The third-order valence-corrected chi connectivity index (χ3v) is 4.56. The molecule has 0 N–H and O–H groups in total. The Morgan fingerprint density at radius 3 is 2.05 bits per heavy atom. The highest BCUT2D eigenvalue weighted by atomic mass is 32.2. The SMILES string of the molecule is CCC/C(=C/S(=O)(=O)c1ccccc1)c1ccccc1. The Morgan fingerprint density at radius 1 is 0.950 bits per heavy atom. The van der Waals surface area contributed by atoms with Crippen LogP contribution in [0.25, 0.3) is 5.57 Å². The van der Waals surface area contributed by atoms with E-state index in [2.05, 4.69) is 0 Å². The monoisotopic (exact) mass is 286 g/mol. The molecule has 0 radical (unpaired) electrons. The van der Waals surface area contributed by atoms with Gasteiger partial charge in [-0.3, -0.25) is 0 Å². The van der Waals surface area contributed by atoms with Crippen LogP contribution >= 0.6 is 0 Å². The fourth-order valence-corrected chi connectivity index (χ4v) is 3.36. The fourth-order valence-electron chi connectivity index (χ4n) is 2.06. The lowest BCUT2D eigenvalue weighted by molar-refractivity contribution is 0.604. The Hall–Kier alpha value is -1.87. The minimum atomic E-state index is -3.39. The Labute approximate surface area is 120 Å². The number of benzene rings is 2. The average molecular weight is 286 g/mol. The highest BCUT2D eigenvalue weighted by Crippen LogP contribution is 2.23. The van der Waals surface area contributed by atoms with Crippen molar-refractivity contribution in [3.05, 3.63) is 71.6 Å². The average Bonchev–Trinajstić information content (AvgIpc) is 2.48. The zero-order valence-corrected chi connectivity index (χ0v) is 12.3. The second-order valence-electron chi connectivity index (χ2n) is 4.62. The lowest BCUT2D eigenvalue weighted by Gasteiger charge is -2.07. The zero-order valence-electron chi connectivity index (χ0n) is 11.5. The van der Waals surface area contributed by atoms with Gasteiger partial charge in [0.25, 0.3) is 0 Å². The van der Waals surface area contributed by atoms with Gasteiger partial charge in [-0.1, -0.05) is 61.9 Å². The van der Waals surface area contributed by atoms with E-state index in [1.807, 2.05) is 43.3 Å². The predicted octanol–water partition coefficient (Wildman–Crippen LogP) is 4.30. The minimum absolute atomic E-state index is 0.338. The molecule has 0 atom stereocenters. The minimum Gasteiger partial charge on any atom is -0.219 e. The quantitative estimate of drug-likeness (QED) is 0.821. The maximum absolute atomic E-state index is 12.4. The van der Waals surface area contributed by atoms with Crippen LogP contribution < -0.4 is 0 Å². The molecule has 0 aromatic heterocycles. The van der Waals surface area contributed by atoms with Crippen molar-refractivity contribution in [2.45, 2.75) is 24.7 Å². The van der Waals surface area contributed by atoms with Gasteiger partial charge in [0.15, 0.2) is 9.84 Å². The molecule has 20 heavy (non-hydrogen) atoms. The Morgan fingerprint density at radius 2 is 1.50 bits per heavy atom. The smallest absolute Gasteiger partial charge is 0.200 e. The lowest BCUT2D eigenvalue weighted by Crippen LogP contribution is -1.98. The van der Waals surface area contributed by atoms with Gasteiger partial charge in [-0.05, 0) is 29.7 Å². The van der Waals surface area contributed by atoms with Crippen molar-refractivity contribution in [2.75, 3.05) is 0 Å². The number of allylic oxidation sites excluding steroid dienone is 1. The van der Waals surface area contributed by atoms with Crippen LogP contribution in [-0.4, -0.2) is 8.42 Å². The maximum Gasteiger partial charge on any atom is 0.200 e. The summed E-state index contributed by atoms with van der Waals surface area (Å²) in [6.45, 7) is 2.05. The molecule has 2 aromatic carbocycles. The van der Waals surface area contributed by atoms with E-state index in [1.54, 1.807) is 24.3 Å². The molecule has 0 heterocycles. The van der Waals surface area contributed by atoms with Gasteiger partial charge < -0.3 is 0 Å². The van der Waals surface area contributed by atoms with Crippen molar-refractivity contribution in [1.82, 2.24) is 0 Å². The molecule has 3 heteroatoms. The van der Waals surface area contributed by atoms with E-state index in [1.165, 1.54) is 5.41 Å². The molecule has 2 rings (SSSR count). The van der Waals surface area contributed by atoms with Crippen molar-refractivity contribution >= 4 is 15.4 Å². The van der Waals surface area contributed by atoms with Gasteiger partial charge in [-0.15, -0.1) is 0 Å². The molecular weight excluding hydrogens is 268 g/mol. The van der Waals surface area contributed by atoms with Crippen molar-refractivity contribution < 1.29 is 8.42 Å². The normalized spacial score (nSPS) is 12.3. The molecule has 0 saturated carbocycles. The van der Waals surface area contributed by atoms with Crippen LogP contribution in [0.2, 0.25) is 0 Å². The summed E-state index contributed by atoms with van der Waals surface area (Å²) >= 11 is 0. The largest absolute Gasteiger partial charge is 0.219 e. The number of hydrogen-bond donors (Lipinski definition) is 0. The highest BCUT2D eigenvalue weighted by Gasteiger charge is 2.12. The van der Waals surface area contributed by atoms with E-state index in [0.717, 1.165) is 24.0 Å². The van der Waals surface area contributed by atoms with Gasteiger partial charge in [-0.25, -0.2) is 8.42 Å². The van der Waals surface area contributed by atoms with E-state index < -0.39 is 9.84 Å². The summed E-state index contributed by atoms with van der Waals surface area (Å²) in [5, 5.41) is 1.40. The highest BCUT2D eigenvalue weighted by molar-refractivity contribution is 7.94. The van der Waals surface area contributed by atoms with Gasteiger partial charge in [0.1, 0.15) is 0 Å². The molecule has 0 spiro atoms. The van der Waals surface area contributed by atoms with Gasteiger partial charge in [0, 0.05) is 5.41 Å². The second-order valence-corrected chi connectivity index (χ2v) is 6.41. The van der Waals surface area contributed by atoms with Crippen LogP contribution in [0.5, 0.6) is 0 Å². The van der Waals surface area contributed by atoms with Gasteiger partial charge in [-0.2, -0.15) is 0 Å². The van der Waals surface area contributed by atoms with E-state index in [9.17, 15) is 8.42 Å². The molecule has 2 nitrogen and oxygen atoms in total. The summed E-state index contributed by atoms with van der Waals surface area (Å²) in [6, 6.07) is 18.2. The predicted molar refractivity (Wildman–Crippen MR) is 83.0 cm³/mol. The molecule has 0 saturated heterocycles. The Kier molecular flexibility index (Phi) is 4.74. The summed E-state index contributed by atoms with van der Waals surface area (Å²) in [5.74, 6) is 0. The van der Waals surface area contributed by atoms with Crippen LogP contribution in [0.1, 0.15) is 25.3 Å².